The van der Waals surface area contributed by atoms with Gasteiger partial charge in [0.2, 0.25) is 0 Å². The molecule has 4 heteroatoms. The summed E-state index contributed by atoms with van der Waals surface area (Å²) < 4.78 is 2.39. The molecule has 66 heavy (non-hydrogen) atoms. The minimum absolute atomic E-state index is 0.687. The van der Waals surface area contributed by atoms with Gasteiger partial charge in [-0.15, -0.1) is 0 Å². The molecule has 0 bridgehead atoms. The Bertz CT molecular complexity index is 3570. The minimum Gasteiger partial charge on any atom is -0.310 e. The number of nitrogens with zero attached hydrogens (tertiary/aromatic N) is 4. The molecule has 310 valence electrons. The largest absolute Gasteiger partial charge is 0.310 e. The van der Waals surface area contributed by atoms with Gasteiger partial charge in [0.25, 0.3) is 0 Å². The number of hydrogen-bond acceptors (Lipinski definition) is 3. The van der Waals surface area contributed by atoms with E-state index in [1.54, 1.807) is 0 Å². The van der Waals surface area contributed by atoms with E-state index in [1.807, 2.05) is 12.1 Å². The summed E-state index contributed by atoms with van der Waals surface area (Å²) in [5.41, 5.74) is 17.4. The van der Waals surface area contributed by atoms with Crippen LogP contribution in [0.15, 0.2) is 255 Å². The summed E-state index contributed by atoms with van der Waals surface area (Å²) in [4.78, 5) is 12.9. The zero-order valence-electron chi connectivity index (χ0n) is 36.0. The summed E-state index contributed by atoms with van der Waals surface area (Å²) in [6.07, 6.45) is 0. The topological polar surface area (TPSA) is 34.0 Å². The lowest BCUT2D eigenvalue weighted by atomic mass is 10.0. The van der Waals surface area contributed by atoms with Gasteiger partial charge >= 0.3 is 0 Å². The average Bonchev–Trinajstić information content (AvgIpc) is 3.73. The summed E-state index contributed by atoms with van der Waals surface area (Å²) in [5.74, 6) is 0.687. The Hall–Kier alpha value is -8.86. The lowest BCUT2D eigenvalue weighted by Crippen LogP contribution is -2.10. The van der Waals surface area contributed by atoms with Gasteiger partial charge in [0.1, 0.15) is 0 Å². The molecule has 0 spiro atoms. The van der Waals surface area contributed by atoms with Gasteiger partial charge in [-0.2, -0.15) is 0 Å². The van der Waals surface area contributed by atoms with Gasteiger partial charge in [-0.25, -0.2) is 9.97 Å². The van der Waals surface area contributed by atoms with Crippen LogP contribution in [0.1, 0.15) is 0 Å². The van der Waals surface area contributed by atoms with Crippen LogP contribution in [-0.4, -0.2) is 14.5 Å². The lowest BCUT2D eigenvalue weighted by molar-refractivity contribution is 1.17. The fraction of sp³-hybridized carbons (Fsp3) is 0. The molecule has 12 aromatic rings. The average molecular weight is 843 g/mol. The van der Waals surface area contributed by atoms with Gasteiger partial charge in [-0.1, -0.05) is 194 Å². The van der Waals surface area contributed by atoms with Gasteiger partial charge < -0.3 is 9.47 Å². The molecule has 2 heterocycles. The van der Waals surface area contributed by atoms with Crippen LogP contribution < -0.4 is 4.90 Å². The molecular weight excluding hydrogens is 801 g/mol. The lowest BCUT2D eigenvalue weighted by Gasteiger charge is -2.26. The third kappa shape index (κ3) is 7.17. The highest BCUT2D eigenvalue weighted by atomic mass is 15.1. The highest BCUT2D eigenvalue weighted by Crippen LogP contribution is 2.40. The predicted octanol–water partition coefficient (Wildman–Crippen LogP) is 16.5. The van der Waals surface area contributed by atoms with E-state index in [9.17, 15) is 0 Å². The number of benzene rings is 10. The van der Waals surface area contributed by atoms with Gasteiger partial charge in [-0.05, 0) is 94.0 Å². The molecule has 0 saturated heterocycles. The van der Waals surface area contributed by atoms with Gasteiger partial charge in [0.05, 0.1) is 22.2 Å². The quantitative estimate of drug-likeness (QED) is 0.145. The second-order valence-electron chi connectivity index (χ2n) is 16.6. The molecule has 0 aliphatic carbocycles. The fourth-order valence-corrected chi connectivity index (χ4v) is 9.35. The highest BCUT2D eigenvalue weighted by Gasteiger charge is 2.19. The molecule has 0 unspecified atom stereocenters. The number of fused-ring (bicyclic) bond motifs is 4. The third-order valence-corrected chi connectivity index (χ3v) is 12.6. The van der Waals surface area contributed by atoms with E-state index in [0.717, 1.165) is 61.5 Å². The number of hydrogen-bond donors (Lipinski definition) is 0. The maximum Gasteiger partial charge on any atom is 0.160 e. The van der Waals surface area contributed by atoms with Crippen molar-refractivity contribution in [2.24, 2.45) is 0 Å². The number of para-hydroxylation sites is 2. The molecule has 0 fully saturated rings. The molecule has 0 atom stereocenters. The third-order valence-electron chi connectivity index (χ3n) is 12.6. The summed E-state index contributed by atoms with van der Waals surface area (Å²) in [7, 11) is 0. The Kier molecular flexibility index (Phi) is 9.81. The maximum atomic E-state index is 5.34. The maximum absolute atomic E-state index is 5.34. The van der Waals surface area contributed by atoms with Crippen molar-refractivity contribution in [2.75, 3.05) is 4.90 Å². The molecule has 4 nitrogen and oxygen atoms in total. The minimum atomic E-state index is 0.687. The standard InChI is InChI=1S/C62H42N4/c1-4-15-43(16-5-1)46-27-29-49(30-28-46)61-57-24-10-12-25-58(57)63-62(64-61)50-35-40-56-55-23-11-13-26-59(55)66(60(56)41-50)54-22-14-21-53(42-54)65(51-36-31-47(32-37-51)44-17-6-2-7-18-44)52-38-33-48(34-39-52)45-19-8-3-9-20-45/h1-42H. The van der Waals surface area contributed by atoms with Crippen molar-refractivity contribution in [2.45, 2.75) is 0 Å². The van der Waals surface area contributed by atoms with Crippen molar-refractivity contribution in [3.05, 3.63) is 255 Å². The van der Waals surface area contributed by atoms with E-state index in [4.69, 9.17) is 9.97 Å². The van der Waals surface area contributed by atoms with Crippen LogP contribution in [0, 0.1) is 0 Å². The van der Waals surface area contributed by atoms with Crippen LogP contribution in [0.4, 0.5) is 17.1 Å². The van der Waals surface area contributed by atoms with E-state index >= 15 is 0 Å². The summed E-state index contributed by atoms with van der Waals surface area (Å²) in [5, 5.41) is 3.38. The van der Waals surface area contributed by atoms with E-state index in [2.05, 4.69) is 252 Å². The SMILES string of the molecule is c1ccc(-c2ccc(-c3nc(-c4ccc5c6ccccc6n(-c6cccc(N(c7ccc(-c8ccccc8)cc7)c7ccc(-c8ccccc8)cc7)c6)c5c4)nc4ccccc34)cc2)cc1. The van der Waals surface area contributed by atoms with E-state index < -0.39 is 0 Å². The second-order valence-corrected chi connectivity index (χ2v) is 16.6. The van der Waals surface area contributed by atoms with Crippen molar-refractivity contribution in [1.29, 1.82) is 0 Å². The zero-order chi connectivity index (χ0) is 43.8. The highest BCUT2D eigenvalue weighted by molar-refractivity contribution is 6.10. The molecule has 12 rings (SSSR count). The monoisotopic (exact) mass is 842 g/mol. The Morgan fingerprint density at radius 2 is 0.758 bits per heavy atom. The molecule has 2 aromatic heterocycles. The van der Waals surface area contributed by atoms with Crippen LogP contribution in [-0.2, 0) is 0 Å². The van der Waals surface area contributed by atoms with Gasteiger partial charge in [0, 0.05) is 50.0 Å². The molecule has 10 aromatic carbocycles. The van der Waals surface area contributed by atoms with E-state index in [0.29, 0.717) is 5.82 Å². The van der Waals surface area contributed by atoms with Crippen LogP contribution in [0.5, 0.6) is 0 Å². The smallest absolute Gasteiger partial charge is 0.160 e. The zero-order valence-corrected chi connectivity index (χ0v) is 36.0. The fourth-order valence-electron chi connectivity index (χ4n) is 9.35. The molecule has 0 saturated carbocycles. The number of aromatic nitrogens is 3. The first-order valence-electron chi connectivity index (χ1n) is 22.4. The van der Waals surface area contributed by atoms with Crippen molar-refractivity contribution in [3.8, 4) is 61.7 Å². The molecular formula is C62H42N4. The first kappa shape index (κ1) is 38.8. The predicted molar refractivity (Wildman–Crippen MR) is 276 cm³/mol. The normalized spacial score (nSPS) is 11.3. The second kappa shape index (κ2) is 16.7. The first-order valence-corrected chi connectivity index (χ1v) is 22.4. The summed E-state index contributed by atoms with van der Waals surface area (Å²) in [6.45, 7) is 0. The van der Waals surface area contributed by atoms with Crippen molar-refractivity contribution in [1.82, 2.24) is 14.5 Å². The summed E-state index contributed by atoms with van der Waals surface area (Å²) >= 11 is 0. The van der Waals surface area contributed by atoms with E-state index in [1.165, 1.54) is 44.2 Å². The van der Waals surface area contributed by atoms with Crippen molar-refractivity contribution < 1.29 is 0 Å². The molecule has 0 aliphatic heterocycles. The van der Waals surface area contributed by atoms with Crippen molar-refractivity contribution >= 4 is 49.8 Å². The molecule has 0 radical (unpaired) electrons. The Balaban J connectivity index is 0.982. The van der Waals surface area contributed by atoms with Gasteiger partial charge in [0.15, 0.2) is 5.82 Å². The summed E-state index contributed by atoms with van der Waals surface area (Å²) in [6, 6.07) is 90.6. The van der Waals surface area contributed by atoms with Crippen LogP contribution in [0.2, 0.25) is 0 Å². The molecule has 0 N–H and O–H groups in total. The van der Waals surface area contributed by atoms with Crippen LogP contribution in [0.25, 0.3) is 94.4 Å². The molecule has 0 aliphatic rings. The van der Waals surface area contributed by atoms with Crippen LogP contribution in [0.3, 0.4) is 0 Å². The Morgan fingerprint density at radius 3 is 1.36 bits per heavy atom. The number of anilines is 3. The van der Waals surface area contributed by atoms with E-state index in [-0.39, 0.29) is 0 Å². The first-order chi connectivity index (χ1) is 32.7. The van der Waals surface area contributed by atoms with Gasteiger partial charge in [-0.3, -0.25) is 0 Å². The van der Waals surface area contributed by atoms with Crippen LogP contribution >= 0.6 is 0 Å². The molecule has 0 amide bonds. The van der Waals surface area contributed by atoms with Crippen molar-refractivity contribution in [3.63, 3.8) is 0 Å². The Labute approximate surface area is 384 Å². The number of rotatable bonds is 9. The Morgan fingerprint density at radius 1 is 0.288 bits per heavy atom.